The van der Waals surface area contributed by atoms with E-state index >= 15 is 0 Å². The maximum atomic E-state index is 12.4. The molecule has 9 nitrogen and oxygen atoms in total. The predicted molar refractivity (Wildman–Crippen MR) is 88.2 cm³/mol. The second-order valence-electron chi connectivity index (χ2n) is 5.49. The molecule has 140 valence electrons. The Morgan fingerprint density at radius 2 is 1.77 bits per heavy atom. The third-order valence-corrected chi connectivity index (χ3v) is 3.44. The Hall–Kier alpha value is -3.10. The summed E-state index contributed by atoms with van der Waals surface area (Å²) >= 11 is 0. The quantitative estimate of drug-likeness (QED) is 0.557. The lowest BCUT2D eigenvalue weighted by molar-refractivity contribution is -0.144. The lowest BCUT2D eigenvalue weighted by Crippen LogP contribution is -2.21. The zero-order valence-electron chi connectivity index (χ0n) is 15.0. The Kier molecular flexibility index (Phi) is 6.16. The summed E-state index contributed by atoms with van der Waals surface area (Å²) in [6, 6.07) is 1.51. The van der Waals surface area contributed by atoms with E-state index in [4.69, 9.17) is 18.7 Å². The van der Waals surface area contributed by atoms with Gasteiger partial charge in [0.25, 0.3) is 5.88 Å². The molecule has 0 amide bonds. The zero-order valence-corrected chi connectivity index (χ0v) is 15.0. The fourth-order valence-electron chi connectivity index (χ4n) is 2.39. The Balaban J connectivity index is 1.97. The highest BCUT2D eigenvalue weighted by atomic mass is 16.6. The van der Waals surface area contributed by atoms with E-state index < -0.39 is 30.9 Å². The summed E-state index contributed by atoms with van der Waals surface area (Å²) in [5.74, 6) is -1.18. The molecule has 0 aliphatic carbocycles. The molecule has 2 aromatic heterocycles. The number of Topliss-reactive ketones (excluding diaryl/α,β-unsaturated/α-hetero) is 1. The summed E-state index contributed by atoms with van der Waals surface area (Å²) in [7, 11) is 0. The lowest BCUT2D eigenvalue weighted by atomic mass is 10.1. The molecule has 0 aliphatic rings. The maximum Gasteiger partial charge on any atom is 0.344 e. The van der Waals surface area contributed by atoms with Crippen LogP contribution in [-0.4, -0.2) is 47.7 Å². The van der Waals surface area contributed by atoms with Crippen LogP contribution in [0.3, 0.4) is 0 Å². The van der Waals surface area contributed by atoms with Gasteiger partial charge >= 0.3 is 11.9 Å². The largest absolute Gasteiger partial charge is 0.463 e. The summed E-state index contributed by atoms with van der Waals surface area (Å²) in [5.41, 5.74) is 1.32. The topological polar surface area (TPSA) is 121 Å². The molecule has 0 saturated heterocycles. The molecule has 2 heterocycles. The first kappa shape index (κ1) is 19.2. The van der Waals surface area contributed by atoms with Crippen LogP contribution in [0.2, 0.25) is 0 Å². The van der Waals surface area contributed by atoms with Crippen molar-refractivity contribution >= 4 is 17.7 Å². The molecule has 9 heteroatoms. The van der Waals surface area contributed by atoms with Crippen molar-refractivity contribution in [3.63, 3.8) is 0 Å². The average molecular weight is 364 g/mol. The number of esters is 2. The highest BCUT2D eigenvalue weighted by Gasteiger charge is 2.26. The van der Waals surface area contributed by atoms with Crippen LogP contribution >= 0.6 is 0 Å². The summed E-state index contributed by atoms with van der Waals surface area (Å²) < 4.78 is 19.8. The zero-order chi connectivity index (χ0) is 19.3. The lowest BCUT2D eigenvalue weighted by Gasteiger charge is -2.07. The third kappa shape index (κ3) is 4.50. The van der Waals surface area contributed by atoms with Crippen molar-refractivity contribution < 1.29 is 33.1 Å². The first-order chi connectivity index (χ1) is 12.3. The Morgan fingerprint density at radius 3 is 2.38 bits per heavy atom. The van der Waals surface area contributed by atoms with Crippen LogP contribution in [0.25, 0.3) is 0 Å². The van der Waals surface area contributed by atoms with Gasteiger partial charge in [-0.05, 0) is 32.9 Å². The van der Waals surface area contributed by atoms with Gasteiger partial charge in [0, 0.05) is 17.5 Å². The number of aryl methyl sites for hydroxylation is 3. The van der Waals surface area contributed by atoms with Crippen LogP contribution in [0.15, 0.2) is 10.6 Å². The molecule has 1 N–H and O–H groups in total. The minimum Gasteiger partial charge on any atom is -0.463 e. The average Bonchev–Trinajstić information content (AvgIpc) is 3.13. The number of carbonyl (C=O) groups excluding carboxylic acids is 3. The molecule has 0 fully saturated rings. The highest BCUT2D eigenvalue weighted by molar-refractivity contribution is 6.09. The maximum absolute atomic E-state index is 12.4. The summed E-state index contributed by atoms with van der Waals surface area (Å²) in [4.78, 5) is 39.1. The van der Waals surface area contributed by atoms with Gasteiger partial charge in [-0.3, -0.25) is 4.79 Å². The monoisotopic (exact) mass is 364 g/mol. The molecule has 2 rings (SSSR count). The molecule has 0 aromatic carbocycles. The van der Waals surface area contributed by atoms with E-state index in [1.807, 2.05) is 0 Å². The van der Waals surface area contributed by atoms with Crippen LogP contribution in [0, 0.1) is 20.8 Å². The number of aromatic amines is 1. The number of aromatic nitrogens is 2. The van der Waals surface area contributed by atoms with E-state index in [9.17, 15) is 14.4 Å². The van der Waals surface area contributed by atoms with Gasteiger partial charge in [-0.15, -0.1) is 0 Å². The summed E-state index contributed by atoms with van der Waals surface area (Å²) in [5, 5.41) is 3.57. The van der Waals surface area contributed by atoms with Crippen molar-refractivity contribution in [2.75, 3.05) is 19.8 Å². The van der Waals surface area contributed by atoms with Gasteiger partial charge in [0.2, 0.25) is 5.78 Å². The fraction of sp³-hybridized carbons (Fsp3) is 0.412. The first-order valence-electron chi connectivity index (χ1n) is 7.94. The van der Waals surface area contributed by atoms with Crippen molar-refractivity contribution in [1.29, 1.82) is 0 Å². The Morgan fingerprint density at radius 1 is 1.08 bits per heavy atom. The number of carbonyl (C=O) groups is 3. The van der Waals surface area contributed by atoms with Crippen molar-refractivity contribution in [3.05, 3.63) is 34.3 Å². The van der Waals surface area contributed by atoms with E-state index in [1.165, 1.54) is 6.07 Å². The van der Waals surface area contributed by atoms with Crippen molar-refractivity contribution in [1.82, 2.24) is 10.1 Å². The van der Waals surface area contributed by atoms with E-state index in [1.54, 1.807) is 27.7 Å². The second kappa shape index (κ2) is 8.32. The van der Waals surface area contributed by atoms with E-state index in [2.05, 4.69) is 10.1 Å². The summed E-state index contributed by atoms with van der Waals surface area (Å²) in [6.45, 7) is 5.91. The molecular formula is C17H20N2O7. The molecule has 0 spiro atoms. The van der Waals surface area contributed by atoms with Gasteiger partial charge in [-0.25, -0.2) is 9.59 Å². The van der Waals surface area contributed by atoms with Crippen LogP contribution in [0.1, 0.15) is 44.8 Å². The van der Waals surface area contributed by atoms with Gasteiger partial charge in [-0.1, -0.05) is 0 Å². The van der Waals surface area contributed by atoms with Gasteiger partial charge in [0.15, 0.2) is 13.2 Å². The van der Waals surface area contributed by atoms with E-state index in [0.29, 0.717) is 17.1 Å². The van der Waals surface area contributed by atoms with Crippen LogP contribution in [0.4, 0.5) is 0 Å². The molecule has 0 unspecified atom stereocenters. The molecule has 26 heavy (non-hydrogen) atoms. The van der Waals surface area contributed by atoms with Crippen molar-refractivity contribution in [2.24, 2.45) is 0 Å². The third-order valence-electron chi connectivity index (χ3n) is 3.44. The van der Waals surface area contributed by atoms with Gasteiger partial charge in [-0.2, -0.15) is 0 Å². The predicted octanol–water partition coefficient (Wildman–Crippen LogP) is 1.91. The molecular weight excluding hydrogens is 344 g/mol. The number of nitrogens with one attached hydrogen (secondary N) is 1. The minimum atomic E-state index is -0.749. The molecule has 0 aliphatic heterocycles. The SMILES string of the molecule is CCOC(=O)c1c(C)[nH]c(C)c1C(=O)COC(=O)COc1cc(C)on1. The van der Waals surface area contributed by atoms with Crippen molar-refractivity contribution in [2.45, 2.75) is 27.7 Å². The van der Waals surface area contributed by atoms with Gasteiger partial charge in [0.05, 0.1) is 17.7 Å². The number of hydrogen-bond donors (Lipinski definition) is 1. The number of hydrogen-bond acceptors (Lipinski definition) is 8. The van der Waals surface area contributed by atoms with E-state index in [0.717, 1.165) is 0 Å². The molecule has 0 radical (unpaired) electrons. The van der Waals surface area contributed by atoms with Crippen LogP contribution in [0.5, 0.6) is 5.88 Å². The fourth-order valence-corrected chi connectivity index (χ4v) is 2.39. The number of ketones is 1. The summed E-state index contributed by atoms with van der Waals surface area (Å²) in [6.07, 6.45) is 0. The van der Waals surface area contributed by atoms with Gasteiger partial charge < -0.3 is 23.7 Å². The number of ether oxygens (including phenoxy) is 3. The standard InChI is InChI=1S/C17H20N2O7/c1-5-23-17(22)16-11(4)18-10(3)15(16)12(20)7-25-14(21)8-24-13-6-9(2)26-19-13/h6,18H,5,7-8H2,1-4H3. The Labute approximate surface area is 149 Å². The number of rotatable bonds is 8. The highest BCUT2D eigenvalue weighted by Crippen LogP contribution is 2.20. The number of H-pyrrole nitrogens is 1. The molecule has 0 bridgehead atoms. The Bertz CT molecular complexity index is 819. The minimum absolute atomic E-state index is 0.146. The van der Waals surface area contributed by atoms with Gasteiger partial charge in [0.1, 0.15) is 5.76 Å². The molecule has 0 saturated carbocycles. The van der Waals surface area contributed by atoms with Crippen molar-refractivity contribution in [3.8, 4) is 5.88 Å². The van der Waals surface area contributed by atoms with E-state index in [-0.39, 0.29) is 23.6 Å². The molecule has 2 aromatic rings. The smallest absolute Gasteiger partial charge is 0.344 e. The normalized spacial score (nSPS) is 10.5. The first-order valence-corrected chi connectivity index (χ1v) is 7.94. The second-order valence-corrected chi connectivity index (χ2v) is 5.49. The molecule has 0 atom stereocenters. The number of nitrogens with zero attached hydrogens (tertiary/aromatic N) is 1. The van der Waals surface area contributed by atoms with Crippen LogP contribution < -0.4 is 4.74 Å². The van der Waals surface area contributed by atoms with Crippen LogP contribution in [-0.2, 0) is 14.3 Å².